The average molecular weight is 260 g/mol. The minimum absolute atomic E-state index is 0.624. The first-order valence-corrected chi connectivity index (χ1v) is 6.38. The molecule has 102 valence electrons. The number of rotatable bonds is 6. The van der Waals surface area contributed by atoms with Crippen LogP contribution in [0.2, 0.25) is 0 Å². The molecule has 0 aliphatic rings. The summed E-state index contributed by atoms with van der Waals surface area (Å²) in [5.74, 6) is 1.52. The van der Waals surface area contributed by atoms with E-state index in [0.717, 1.165) is 23.7 Å². The van der Waals surface area contributed by atoms with Crippen molar-refractivity contribution in [2.24, 2.45) is 7.05 Å². The number of aromatic nitrogens is 1. The van der Waals surface area contributed by atoms with Crippen LogP contribution in [-0.2, 0) is 13.6 Å². The fraction of sp³-hybridized carbons (Fsp3) is 0.333. The molecular formula is C15H20N2O2. The Morgan fingerprint density at radius 1 is 1.21 bits per heavy atom. The lowest BCUT2D eigenvalue weighted by Gasteiger charge is -2.12. The highest BCUT2D eigenvalue weighted by molar-refractivity contribution is 5.54. The molecule has 1 N–H and O–H groups in total. The summed E-state index contributed by atoms with van der Waals surface area (Å²) in [4.78, 5) is 0. The highest BCUT2D eigenvalue weighted by Gasteiger charge is 2.05. The first kappa shape index (κ1) is 13.3. The Kier molecular flexibility index (Phi) is 4.34. The summed E-state index contributed by atoms with van der Waals surface area (Å²) >= 11 is 0. The van der Waals surface area contributed by atoms with Gasteiger partial charge in [0.25, 0.3) is 0 Å². The number of nitrogens with zero attached hydrogens (tertiary/aromatic N) is 1. The van der Waals surface area contributed by atoms with Crippen LogP contribution in [0.15, 0.2) is 36.7 Å². The van der Waals surface area contributed by atoms with Crippen LogP contribution >= 0.6 is 0 Å². The van der Waals surface area contributed by atoms with Gasteiger partial charge in [0.15, 0.2) is 11.5 Å². The molecule has 0 saturated carbocycles. The Balaban J connectivity index is 2.05. The molecule has 1 aromatic carbocycles. The first-order chi connectivity index (χ1) is 9.22. The summed E-state index contributed by atoms with van der Waals surface area (Å²) in [6, 6.07) is 7.97. The van der Waals surface area contributed by atoms with Gasteiger partial charge in [0.05, 0.1) is 13.7 Å². The third-order valence-electron chi connectivity index (χ3n) is 2.85. The maximum atomic E-state index is 5.56. The summed E-state index contributed by atoms with van der Waals surface area (Å²) in [5, 5.41) is 3.38. The predicted octanol–water partition coefficient (Wildman–Crippen LogP) is 3.04. The van der Waals surface area contributed by atoms with E-state index in [-0.39, 0.29) is 0 Å². The van der Waals surface area contributed by atoms with Crippen molar-refractivity contribution in [1.82, 2.24) is 4.57 Å². The van der Waals surface area contributed by atoms with Crippen molar-refractivity contribution in [2.75, 3.05) is 19.0 Å². The van der Waals surface area contributed by atoms with Gasteiger partial charge in [-0.1, -0.05) is 0 Å². The van der Waals surface area contributed by atoms with E-state index in [9.17, 15) is 0 Å². The highest BCUT2D eigenvalue weighted by Crippen LogP contribution is 2.30. The average Bonchev–Trinajstić information content (AvgIpc) is 2.83. The van der Waals surface area contributed by atoms with Crippen LogP contribution in [0.1, 0.15) is 12.5 Å². The van der Waals surface area contributed by atoms with Crippen molar-refractivity contribution in [3.63, 3.8) is 0 Å². The van der Waals surface area contributed by atoms with Gasteiger partial charge < -0.3 is 19.4 Å². The zero-order valence-electron chi connectivity index (χ0n) is 11.6. The monoisotopic (exact) mass is 260 g/mol. The number of methoxy groups -OCH3 is 1. The Morgan fingerprint density at radius 2 is 2.05 bits per heavy atom. The zero-order chi connectivity index (χ0) is 13.7. The van der Waals surface area contributed by atoms with Gasteiger partial charge in [-0.25, -0.2) is 0 Å². The number of anilines is 1. The summed E-state index contributed by atoms with van der Waals surface area (Å²) in [6.07, 6.45) is 4.14. The lowest BCUT2D eigenvalue weighted by molar-refractivity contribution is 0.311. The topological polar surface area (TPSA) is 35.4 Å². The third kappa shape index (κ3) is 3.44. The van der Waals surface area contributed by atoms with Gasteiger partial charge in [-0.3, -0.25) is 0 Å². The van der Waals surface area contributed by atoms with Gasteiger partial charge in [0.1, 0.15) is 0 Å². The third-order valence-corrected chi connectivity index (χ3v) is 2.85. The Morgan fingerprint density at radius 3 is 2.68 bits per heavy atom. The van der Waals surface area contributed by atoms with Gasteiger partial charge in [-0.15, -0.1) is 0 Å². The number of benzene rings is 1. The quantitative estimate of drug-likeness (QED) is 0.867. The molecule has 0 aliphatic carbocycles. The molecule has 0 fully saturated rings. The second kappa shape index (κ2) is 6.18. The molecule has 0 bridgehead atoms. The minimum atomic E-state index is 0.624. The van der Waals surface area contributed by atoms with Crippen LogP contribution in [0.5, 0.6) is 11.5 Å². The summed E-state index contributed by atoms with van der Waals surface area (Å²) in [6.45, 7) is 3.38. The van der Waals surface area contributed by atoms with Crippen molar-refractivity contribution >= 4 is 5.69 Å². The van der Waals surface area contributed by atoms with E-state index >= 15 is 0 Å². The molecule has 1 heterocycles. The smallest absolute Gasteiger partial charge is 0.163 e. The van der Waals surface area contributed by atoms with E-state index in [2.05, 4.69) is 17.6 Å². The SMILES string of the molecule is CCOc1cc(NCc2ccn(C)c2)ccc1OC. The fourth-order valence-electron chi connectivity index (χ4n) is 1.92. The maximum Gasteiger partial charge on any atom is 0.163 e. The molecule has 0 unspecified atom stereocenters. The fourth-order valence-corrected chi connectivity index (χ4v) is 1.92. The Labute approximate surface area is 114 Å². The number of hydrogen-bond donors (Lipinski definition) is 1. The lowest BCUT2D eigenvalue weighted by atomic mass is 10.2. The molecule has 0 saturated heterocycles. The zero-order valence-corrected chi connectivity index (χ0v) is 11.6. The number of ether oxygens (including phenoxy) is 2. The van der Waals surface area contributed by atoms with Crippen LogP contribution in [0.4, 0.5) is 5.69 Å². The molecule has 1 aromatic heterocycles. The van der Waals surface area contributed by atoms with E-state index in [1.54, 1.807) is 7.11 Å². The molecule has 0 aliphatic heterocycles. The van der Waals surface area contributed by atoms with Gasteiger partial charge in [-0.05, 0) is 30.7 Å². The Bertz CT molecular complexity index is 535. The van der Waals surface area contributed by atoms with Crippen molar-refractivity contribution in [2.45, 2.75) is 13.5 Å². The van der Waals surface area contributed by atoms with Crippen LogP contribution in [0, 0.1) is 0 Å². The van der Waals surface area contributed by atoms with E-state index in [1.807, 2.05) is 42.9 Å². The van der Waals surface area contributed by atoms with E-state index in [0.29, 0.717) is 6.61 Å². The molecule has 2 rings (SSSR count). The van der Waals surface area contributed by atoms with Crippen molar-refractivity contribution in [1.29, 1.82) is 0 Å². The van der Waals surface area contributed by atoms with E-state index in [1.165, 1.54) is 5.56 Å². The second-order valence-corrected chi connectivity index (χ2v) is 4.34. The van der Waals surface area contributed by atoms with E-state index in [4.69, 9.17) is 9.47 Å². The number of hydrogen-bond acceptors (Lipinski definition) is 3. The van der Waals surface area contributed by atoms with Crippen LogP contribution in [-0.4, -0.2) is 18.3 Å². The molecule has 19 heavy (non-hydrogen) atoms. The Hall–Kier alpha value is -2.10. The largest absolute Gasteiger partial charge is 0.493 e. The predicted molar refractivity (Wildman–Crippen MR) is 76.9 cm³/mol. The van der Waals surface area contributed by atoms with Crippen molar-refractivity contribution in [3.05, 3.63) is 42.2 Å². The standard InChI is InChI=1S/C15H20N2O2/c1-4-19-15-9-13(5-6-14(15)18-3)16-10-12-7-8-17(2)11-12/h5-9,11,16H,4,10H2,1-3H3. The minimum Gasteiger partial charge on any atom is -0.493 e. The van der Waals surface area contributed by atoms with Crippen LogP contribution in [0.25, 0.3) is 0 Å². The molecule has 0 spiro atoms. The van der Waals surface area contributed by atoms with E-state index < -0.39 is 0 Å². The van der Waals surface area contributed by atoms with Gasteiger partial charge >= 0.3 is 0 Å². The maximum absolute atomic E-state index is 5.56. The second-order valence-electron chi connectivity index (χ2n) is 4.34. The number of nitrogens with one attached hydrogen (secondary N) is 1. The summed E-state index contributed by atoms with van der Waals surface area (Å²) in [5.41, 5.74) is 2.27. The molecule has 2 aromatic rings. The molecule has 0 radical (unpaired) electrons. The van der Waals surface area contributed by atoms with Gasteiger partial charge in [0.2, 0.25) is 0 Å². The molecule has 4 nitrogen and oxygen atoms in total. The van der Waals surface area contributed by atoms with Gasteiger partial charge in [-0.2, -0.15) is 0 Å². The molecule has 4 heteroatoms. The summed E-state index contributed by atoms with van der Waals surface area (Å²) < 4.78 is 12.9. The number of aryl methyl sites for hydroxylation is 1. The molecule has 0 atom stereocenters. The first-order valence-electron chi connectivity index (χ1n) is 6.38. The van der Waals surface area contributed by atoms with Gasteiger partial charge in [0, 0.05) is 37.7 Å². The highest BCUT2D eigenvalue weighted by atomic mass is 16.5. The van der Waals surface area contributed by atoms with Crippen molar-refractivity contribution < 1.29 is 9.47 Å². The summed E-state index contributed by atoms with van der Waals surface area (Å²) in [7, 11) is 3.67. The molecule has 0 amide bonds. The lowest BCUT2D eigenvalue weighted by Crippen LogP contribution is -2.00. The van der Waals surface area contributed by atoms with Crippen LogP contribution < -0.4 is 14.8 Å². The molecular weight excluding hydrogens is 240 g/mol. The normalized spacial score (nSPS) is 10.3. The van der Waals surface area contributed by atoms with Crippen LogP contribution in [0.3, 0.4) is 0 Å². The van der Waals surface area contributed by atoms with Crippen molar-refractivity contribution in [3.8, 4) is 11.5 Å².